The van der Waals surface area contributed by atoms with Gasteiger partial charge >= 0.3 is 5.97 Å². The minimum atomic E-state index is -1.32. The van der Waals surface area contributed by atoms with Crippen molar-refractivity contribution in [2.24, 2.45) is 5.73 Å². The zero-order chi connectivity index (χ0) is 17.9. The van der Waals surface area contributed by atoms with E-state index in [4.69, 9.17) is 5.73 Å². The number of nitrogens with zero attached hydrogens (tertiary/aromatic N) is 2. The molecule has 2 heterocycles. The summed E-state index contributed by atoms with van der Waals surface area (Å²) in [6.07, 6.45) is 2.38. The fourth-order valence-electron chi connectivity index (χ4n) is 3.42. The number of carboxylic acid groups (broad SMARTS) is 1. The average Bonchev–Trinajstić information content (AvgIpc) is 3.33. The van der Waals surface area contributed by atoms with E-state index < -0.39 is 29.4 Å². The lowest BCUT2D eigenvalue weighted by molar-refractivity contribution is 0.0695. The Labute approximate surface area is 142 Å². The molecule has 4 rings (SSSR count). The number of hydrogen-bond donors (Lipinski definition) is 3. The van der Waals surface area contributed by atoms with Gasteiger partial charge in [0.25, 0.3) is 0 Å². The van der Waals surface area contributed by atoms with E-state index in [1.165, 1.54) is 6.20 Å². The summed E-state index contributed by atoms with van der Waals surface area (Å²) in [7, 11) is 0. The number of carboxylic acids is 1. The van der Waals surface area contributed by atoms with Crippen LogP contribution in [0.4, 0.5) is 10.1 Å². The number of aliphatic hydroxyl groups excluding tert-OH is 1. The molecule has 2 unspecified atom stereocenters. The van der Waals surface area contributed by atoms with Crippen LogP contribution < -0.4 is 16.1 Å². The van der Waals surface area contributed by atoms with Gasteiger partial charge in [0.05, 0.1) is 17.3 Å². The van der Waals surface area contributed by atoms with Crippen LogP contribution >= 0.6 is 0 Å². The maximum atomic E-state index is 14.6. The average molecular weight is 347 g/mol. The molecule has 2 aromatic rings. The lowest BCUT2D eigenvalue weighted by Crippen LogP contribution is -2.32. The molecule has 0 spiro atoms. The lowest BCUT2D eigenvalue weighted by atomic mass is 10.1. The Hall–Kier alpha value is -2.45. The van der Waals surface area contributed by atoms with Gasteiger partial charge in [0.1, 0.15) is 11.4 Å². The number of fused-ring (bicyclic) bond motifs is 1. The molecule has 25 heavy (non-hydrogen) atoms. The number of aromatic carboxylic acids is 1. The first kappa shape index (κ1) is 16.0. The summed E-state index contributed by atoms with van der Waals surface area (Å²) in [5.74, 6) is -1.95. The first-order valence-electron chi connectivity index (χ1n) is 8.17. The van der Waals surface area contributed by atoms with Crippen LogP contribution in [-0.4, -0.2) is 46.0 Å². The van der Waals surface area contributed by atoms with Crippen LogP contribution in [0.1, 0.15) is 29.2 Å². The number of carbonyl (C=O) groups is 1. The smallest absolute Gasteiger partial charge is 0.341 e. The van der Waals surface area contributed by atoms with Crippen molar-refractivity contribution in [1.82, 2.24) is 4.57 Å². The van der Waals surface area contributed by atoms with Crippen molar-refractivity contribution in [3.8, 4) is 0 Å². The highest BCUT2D eigenvalue weighted by molar-refractivity contribution is 5.93. The summed E-state index contributed by atoms with van der Waals surface area (Å²) < 4.78 is 16.4. The number of pyridine rings is 1. The van der Waals surface area contributed by atoms with Crippen LogP contribution in [0.25, 0.3) is 10.9 Å². The van der Waals surface area contributed by atoms with E-state index in [2.05, 4.69) is 0 Å². The van der Waals surface area contributed by atoms with E-state index in [1.54, 1.807) is 15.5 Å². The van der Waals surface area contributed by atoms with Crippen molar-refractivity contribution in [2.45, 2.75) is 31.0 Å². The molecular formula is C17H18FN3O4. The van der Waals surface area contributed by atoms with Crippen LogP contribution in [0.2, 0.25) is 0 Å². The fraction of sp³-hybridized carbons (Fsp3) is 0.412. The molecule has 2 fully saturated rings. The van der Waals surface area contributed by atoms with Crippen LogP contribution in [0.15, 0.2) is 23.1 Å². The number of aromatic nitrogens is 1. The van der Waals surface area contributed by atoms with Gasteiger partial charge < -0.3 is 25.4 Å². The first-order chi connectivity index (χ1) is 11.9. The van der Waals surface area contributed by atoms with Gasteiger partial charge in [0.15, 0.2) is 0 Å². The number of nitrogens with two attached hydrogens (primary N) is 1. The fourth-order valence-corrected chi connectivity index (χ4v) is 3.42. The van der Waals surface area contributed by atoms with Gasteiger partial charge in [0, 0.05) is 36.8 Å². The molecule has 8 heteroatoms. The second-order valence-corrected chi connectivity index (χ2v) is 6.77. The predicted molar refractivity (Wildman–Crippen MR) is 89.6 cm³/mol. The number of aliphatic hydroxyl groups is 1. The Bertz CT molecular complexity index is 928. The number of rotatable bonds is 3. The van der Waals surface area contributed by atoms with Crippen molar-refractivity contribution in [3.05, 3.63) is 39.9 Å². The summed E-state index contributed by atoms with van der Waals surface area (Å²) in [5, 5.41) is 19.1. The molecule has 1 aliphatic heterocycles. The lowest BCUT2D eigenvalue weighted by Gasteiger charge is -2.20. The van der Waals surface area contributed by atoms with Crippen LogP contribution in [0.3, 0.4) is 0 Å². The quantitative estimate of drug-likeness (QED) is 0.753. The number of halogens is 1. The minimum Gasteiger partial charge on any atom is -0.477 e. The molecule has 1 aromatic carbocycles. The molecule has 0 amide bonds. The second-order valence-electron chi connectivity index (χ2n) is 6.77. The highest BCUT2D eigenvalue weighted by Gasteiger charge is 2.32. The van der Waals surface area contributed by atoms with E-state index in [0.29, 0.717) is 12.1 Å². The van der Waals surface area contributed by atoms with Crippen molar-refractivity contribution >= 4 is 22.6 Å². The summed E-state index contributed by atoms with van der Waals surface area (Å²) >= 11 is 0. The molecule has 132 valence electrons. The molecule has 2 atom stereocenters. The standard InChI is InChI=1S/C17H18FN3O4/c18-11-3-9-13(4-14(11)20-6-12(19)15(22)7-20)21(8-1-2-8)5-10(16(9)23)17(24)25/h3-5,8,12,15,22H,1-2,6-7,19H2,(H,24,25). The van der Waals surface area contributed by atoms with Gasteiger partial charge in [-0.2, -0.15) is 0 Å². The van der Waals surface area contributed by atoms with Crippen molar-refractivity contribution in [3.63, 3.8) is 0 Å². The Kier molecular flexibility index (Phi) is 3.55. The molecule has 2 aliphatic rings. The normalized spacial score (nSPS) is 23.4. The molecule has 7 nitrogen and oxygen atoms in total. The highest BCUT2D eigenvalue weighted by atomic mass is 19.1. The van der Waals surface area contributed by atoms with E-state index >= 15 is 0 Å². The molecule has 0 radical (unpaired) electrons. The third kappa shape index (κ3) is 2.58. The molecule has 1 aliphatic carbocycles. The van der Waals surface area contributed by atoms with Crippen LogP contribution in [-0.2, 0) is 0 Å². The Morgan fingerprint density at radius 1 is 1.28 bits per heavy atom. The van der Waals surface area contributed by atoms with Gasteiger partial charge in [0.2, 0.25) is 5.43 Å². The first-order valence-corrected chi connectivity index (χ1v) is 8.17. The van der Waals surface area contributed by atoms with Crippen LogP contribution in [0.5, 0.6) is 0 Å². The van der Waals surface area contributed by atoms with Crippen molar-refractivity contribution in [2.75, 3.05) is 18.0 Å². The van der Waals surface area contributed by atoms with Gasteiger partial charge in [-0.05, 0) is 25.0 Å². The number of hydrogen-bond acceptors (Lipinski definition) is 5. The SMILES string of the molecule is NC1CN(c2cc3c(cc2F)c(=O)c(C(=O)O)cn3C2CC2)CC1O. The van der Waals surface area contributed by atoms with E-state index in [0.717, 1.165) is 18.9 Å². The molecule has 4 N–H and O–H groups in total. The van der Waals surface area contributed by atoms with E-state index in [9.17, 15) is 24.2 Å². The molecule has 1 aromatic heterocycles. The zero-order valence-electron chi connectivity index (χ0n) is 13.4. The predicted octanol–water partition coefficient (Wildman–Crippen LogP) is 0.682. The van der Waals surface area contributed by atoms with E-state index in [-0.39, 0.29) is 29.2 Å². The summed E-state index contributed by atoms with van der Waals surface area (Å²) in [6, 6.07) is 2.30. The van der Waals surface area contributed by atoms with Crippen molar-refractivity contribution in [1.29, 1.82) is 0 Å². The maximum absolute atomic E-state index is 14.6. The topological polar surface area (TPSA) is 109 Å². The summed E-state index contributed by atoms with van der Waals surface area (Å²) in [6.45, 7) is 0.523. The monoisotopic (exact) mass is 347 g/mol. The minimum absolute atomic E-state index is 0.0529. The third-order valence-electron chi connectivity index (χ3n) is 4.94. The van der Waals surface area contributed by atoms with Gasteiger partial charge in [-0.1, -0.05) is 0 Å². The molecule has 1 saturated carbocycles. The highest BCUT2D eigenvalue weighted by Crippen LogP contribution is 2.38. The Morgan fingerprint density at radius 2 is 2.00 bits per heavy atom. The molecule has 1 saturated heterocycles. The van der Waals surface area contributed by atoms with E-state index in [1.807, 2.05) is 0 Å². The van der Waals surface area contributed by atoms with Gasteiger partial charge in [-0.25, -0.2) is 9.18 Å². The number of β-amino-alcohol motifs (C(OH)–C–C–N with tert-alkyl or cyclic N) is 1. The van der Waals surface area contributed by atoms with Gasteiger partial charge in [-0.15, -0.1) is 0 Å². The maximum Gasteiger partial charge on any atom is 0.341 e. The zero-order valence-corrected chi connectivity index (χ0v) is 13.4. The second kappa shape index (κ2) is 5.53. The van der Waals surface area contributed by atoms with Crippen molar-refractivity contribution < 1.29 is 19.4 Å². The number of benzene rings is 1. The van der Waals surface area contributed by atoms with Gasteiger partial charge in [-0.3, -0.25) is 4.79 Å². The summed E-state index contributed by atoms with van der Waals surface area (Å²) in [4.78, 5) is 25.4. The summed E-state index contributed by atoms with van der Waals surface area (Å²) in [5.41, 5.74) is 5.52. The molecular weight excluding hydrogens is 329 g/mol. The largest absolute Gasteiger partial charge is 0.477 e. The Balaban J connectivity index is 1.93. The van der Waals surface area contributed by atoms with Crippen LogP contribution in [0, 0.1) is 5.82 Å². The third-order valence-corrected chi connectivity index (χ3v) is 4.94. The Morgan fingerprint density at radius 3 is 2.56 bits per heavy atom. The number of anilines is 1. The molecule has 0 bridgehead atoms.